The fraction of sp³-hybridized carbons (Fsp3) is 0.200. The van der Waals surface area contributed by atoms with Gasteiger partial charge in [0.05, 0.1) is 0 Å². The molecule has 0 saturated heterocycles. The minimum atomic E-state index is 0.173. The Bertz CT molecular complexity index is 1010. The lowest BCUT2D eigenvalue weighted by Crippen LogP contribution is -2.02. The lowest BCUT2D eigenvalue weighted by molar-refractivity contribution is 0.0969. The van der Waals surface area contributed by atoms with Crippen LogP contribution in [0.25, 0.3) is 31.6 Å². The molecule has 3 nitrogen and oxygen atoms in total. The molecular formula is C20H18N2OS. The monoisotopic (exact) mass is 334 g/mol. The maximum absolute atomic E-state index is 12.5. The molecule has 0 aliphatic rings. The minimum absolute atomic E-state index is 0.173. The number of nitrogens with zero attached hydrogens (tertiary/aromatic N) is 1. The lowest BCUT2D eigenvalue weighted by atomic mass is 10.0. The van der Waals surface area contributed by atoms with Gasteiger partial charge in [0, 0.05) is 44.9 Å². The van der Waals surface area contributed by atoms with Gasteiger partial charge < -0.3 is 4.98 Å². The fourth-order valence-corrected chi connectivity index (χ4v) is 4.02. The molecule has 0 radical (unpaired) electrons. The van der Waals surface area contributed by atoms with Gasteiger partial charge in [0.25, 0.3) is 0 Å². The molecule has 0 aliphatic heterocycles. The molecule has 4 rings (SSSR count). The topological polar surface area (TPSA) is 45.8 Å². The number of aromatic amines is 1. The highest BCUT2D eigenvalue weighted by Crippen LogP contribution is 2.34. The lowest BCUT2D eigenvalue weighted by Gasteiger charge is -2.03. The highest BCUT2D eigenvalue weighted by Gasteiger charge is 2.15. The predicted molar refractivity (Wildman–Crippen MR) is 101 cm³/mol. The Balaban J connectivity index is 1.81. The molecule has 3 aromatic heterocycles. The Morgan fingerprint density at radius 3 is 2.88 bits per heavy atom. The molecule has 0 unspecified atom stereocenters. The molecule has 1 N–H and O–H groups in total. The number of carbonyl (C=O) groups excluding carboxylic acids is 1. The number of pyridine rings is 1. The normalized spacial score (nSPS) is 11.6. The second kappa shape index (κ2) is 5.87. The van der Waals surface area contributed by atoms with Crippen LogP contribution >= 0.6 is 11.3 Å². The summed E-state index contributed by atoms with van der Waals surface area (Å²) >= 11 is 1.75. The fourth-order valence-electron chi connectivity index (χ4n) is 2.97. The molecule has 0 amide bonds. The van der Waals surface area contributed by atoms with Crippen LogP contribution in [-0.4, -0.2) is 15.8 Å². The van der Waals surface area contributed by atoms with Gasteiger partial charge in [-0.15, -0.1) is 11.3 Å². The summed E-state index contributed by atoms with van der Waals surface area (Å²) in [5.41, 5.74) is 2.57. The third kappa shape index (κ3) is 2.63. The number of fused-ring (bicyclic) bond motifs is 2. The number of nitrogens with one attached hydrogen (secondary N) is 1. The average molecular weight is 334 g/mol. The third-order valence-electron chi connectivity index (χ3n) is 4.14. The predicted octanol–water partition coefficient (Wildman–Crippen LogP) is 5.67. The maximum Gasteiger partial charge on any atom is 0.165 e. The van der Waals surface area contributed by atoms with E-state index in [4.69, 9.17) is 0 Å². The Kier molecular flexibility index (Phi) is 3.69. The van der Waals surface area contributed by atoms with Crippen molar-refractivity contribution in [3.05, 3.63) is 54.4 Å². The van der Waals surface area contributed by atoms with Crippen LogP contribution in [0.15, 0.2) is 48.8 Å². The van der Waals surface area contributed by atoms with Crippen molar-refractivity contribution < 1.29 is 4.79 Å². The van der Waals surface area contributed by atoms with E-state index in [2.05, 4.69) is 60.2 Å². The van der Waals surface area contributed by atoms with Gasteiger partial charge in [0.1, 0.15) is 5.65 Å². The van der Waals surface area contributed by atoms with Gasteiger partial charge in [0.15, 0.2) is 5.78 Å². The first-order valence-corrected chi connectivity index (χ1v) is 8.93. The van der Waals surface area contributed by atoms with Crippen LogP contribution in [0, 0.1) is 5.92 Å². The van der Waals surface area contributed by atoms with Crippen LogP contribution in [0.4, 0.5) is 0 Å². The van der Waals surface area contributed by atoms with Crippen LogP contribution in [0.2, 0.25) is 0 Å². The number of aromatic nitrogens is 2. The highest BCUT2D eigenvalue weighted by atomic mass is 32.1. The number of H-pyrrole nitrogens is 1. The first-order valence-electron chi connectivity index (χ1n) is 8.11. The van der Waals surface area contributed by atoms with E-state index >= 15 is 0 Å². The molecule has 1 aromatic carbocycles. The van der Waals surface area contributed by atoms with Gasteiger partial charge in [-0.3, -0.25) is 4.79 Å². The van der Waals surface area contributed by atoms with Crippen molar-refractivity contribution in [1.29, 1.82) is 0 Å². The van der Waals surface area contributed by atoms with Crippen molar-refractivity contribution in [3.8, 4) is 10.4 Å². The molecule has 0 aliphatic carbocycles. The Morgan fingerprint density at radius 1 is 1.25 bits per heavy atom. The van der Waals surface area contributed by atoms with Crippen molar-refractivity contribution in [2.24, 2.45) is 5.92 Å². The number of carbonyl (C=O) groups is 1. The van der Waals surface area contributed by atoms with Gasteiger partial charge >= 0.3 is 0 Å². The molecule has 0 atom stereocenters. The molecule has 4 aromatic rings. The zero-order valence-electron chi connectivity index (χ0n) is 13.7. The van der Waals surface area contributed by atoms with E-state index < -0.39 is 0 Å². The number of hydrogen-bond donors (Lipinski definition) is 1. The molecule has 24 heavy (non-hydrogen) atoms. The van der Waals surface area contributed by atoms with Gasteiger partial charge in [-0.1, -0.05) is 32.0 Å². The standard InChI is InChI=1S/C20H18N2OS/c1-12(2)7-17(23)16-11-22-20-15(16)8-14(10-21-20)19-9-13-5-3-4-6-18(13)24-19/h3-6,8-12H,7H2,1-2H3,(H,21,22). The van der Waals surface area contributed by atoms with Crippen LogP contribution in [-0.2, 0) is 0 Å². The van der Waals surface area contributed by atoms with Gasteiger partial charge in [-0.05, 0) is 29.5 Å². The van der Waals surface area contributed by atoms with E-state index in [1.165, 1.54) is 15.0 Å². The molecule has 0 fully saturated rings. The smallest absolute Gasteiger partial charge is 0.165 e. The number of ketones is 1. The van der Waals surface area contributed by atoms with Crippen LogP contribution in [0.3, 0.4) is 0 Å². The first kappa shape index (κ1) is 15.1. The van der Waals surface area contributed by atoms with E-state index in [-0.39, 0.29) is 5.78 Å². The largest absolute Gasteiger partial charge is 0.345 e. The summed E-state index contributed by atoms with van der Waals surface area (Å²) in [6.45, 7) is 4.13. The second-order valence-corrected chi connectivity index (χ2v) is 7.58. The summed E-state index contributed by atoms with van der Waals surface area (Å²) in [5.74, 6) is 0.521. The van der Waals surface area contributed by atoms with Crippen molar-refractivity contribution in [2.45, 2.75) is 20.3 Å². The number of hydrogen-bond acceptors (Lipinski definition) is 3. The Hall–Kier alpha value is -2.46. The second-order valence-electron chi connectivity index (χ2n) is 6.49. The highest BCUT2D eigenvalue weighted by molar-refractivity contribution is 7.22. The molecule has 0 bridgehead atoms. The first-order chi connectivity index (χ1) is 11.6. The van der Waals surface area contributed by atoms with Crippen molar-refractivity contribution in [1.82, 2.24) is 9.97 Å². The summed E-state index contributed by atoms with van der Waals surface area (Å²) < 4.78 is 1.26. The molecular weight excluding hydrogens is 316 g/mol. The van der Waals surface area contributed by atoms with E-state index in [1.807, 2.05) is 6.20 Å². The van der Waals surface area contributed by atoms with Crippen molar-refractivity contribution >= 4 is 38.2 Å². The van der Waals surface area contributed by atoms with Gasteiger partial charge in [-0.25, -0.2) is 4.98 Å². The van der Waals surface area contributed by atoms with Crippen LogP contribution in [0.1, 0.15) is 30.6 Å². The zero-order valence-corrected chi connectivity index (χ0v) is 14.5. The summed E-state index contributed by atoms with van der Waals surface area (Å²) in [6.07, 6.45) is 4.22. The van der Waals surface area contributed by atoms with E-state index in [0.717, 1.165) is 22.2 Å². The van der Waals surface area contributed by atoms with Gasteiger partial charge in [-0.2, -0.15) is 0 Å². The van der Waals surface area contributed by atoms with E-state index in [1.54, 1.807) is 17.5 Å². The summed E-state index contributed by atoms with van der Waals surface area (Å²) in [7, 11) is 0. The number of benzene rings is 1. The van der Waals surface area contributed by atoms with Gasteiger partial charge in [0.2, 0.25) is 0 Å². The number of Topliss-reactive ketones (excluding diaryl/α,β-unsaturated/α-hetero) is 1. The van der Waals surface area contributed by atoms with Crippen molar-refractivity contribution in [3.63, 3.8) is 0 Å². The molecule has 120 valence electrons. The van der Waals surface area contributed by atoms with Crippen LogP contribution < -0.4 is 0 Å². The summed E-state index contributed by atoms with van der Waals surface area (Å²) in [4.78, 5) is 21.3. The summed E-state index contributed by atoms with van der Waals surface area (Å²) in [5, 5.41) is 2.15. The Morgan fingerprint density at radius 2 is 2.08 bits per heavy atom. The van der Waals surface area contributed by atoms with E-state index in [9.17, 15) is 4.79 Å². The quantitative estimate of drug-likeness (QED) is 0.488. The molecule has 0 saturated carbocycles. The van der Waals surface area contributed by atoms with E-state index in [0.29, 0.717) is 12.3 Å². The SMILES string of the molecule is CC(C)CC(=O)c1c[nH]c2ncc(-c3cc4ccccc4s3)cc12. The molecule has 3 heterocycles. The molecule has 0 spiro atoms. The Labute approximate surface area is 144 Å². The number of rotatable bonds is 4. The maximum atomic E-state index is 12.5. The number of thiophene rings is 1. The average Bonchev–Trinajstić information content (AvgIpc) is 3.17. The molecule has 4 heteroatoms. The van der Waals surface area contributed by atoms with Crippen molar-refractivity contribution in [2.75, 3.05) is 0 Å². The van der Waals surface area contributed by atoms with Crippen LogP contribution in [0.5, 0.6) is 0 Å². The third-order valence-corrected chi connectivity index (χ3v) is 5.30. The summed E-state index contributed by atoms with van der Waals surface area (Å²) in [6, 6.07) is 12.6. The zero-order chi connectivity index (χ0) is 16.7. The minimum Gasteiger partial charge on any atom is -0.345 e.